The smallest absolute Gasteiger partial charge is 0.327 e. The van der Waals surface area contributed by atoms with Crippen LogP contribution in [0, 0.1) is 5.41 Å². The second-order valence-electron chi connectivity index (χ2n) is 13.9. The lowest BCUT2D eigenvalue weighted by Crippen LogP contribution is -2.32. The summed E-state index contributed by atoms with van der Waals surface area (Å²) in [4.78, 5) is 20.5. The van der Waals surface area contributed by atoms with E-state index in [0.29, 0.717) is 6.42 Å². The van der Waals surface area contributed by atoms with Gasteiger partial charge in [0.2, 0.25) is 0 Å². The van der Waals surface area contributed by atoms with Crippen LogP contribution in [0.3, 0.4) is 0 Å². The van der Waals surface area contributed by atoms with Crippen LogP contribution >= 0.6 is 0 Å². The Labute approximate surface area is 303 Å². The summed E-state index contributed by atoms with van der Waals surface area (Å²) in [6.07, 6.45) is 43.7. The summed E-state index contributed by atoms with van der Waals surface area (Å²) in [6, 6.07) is 0. The molecule has 49 heavy (non-hydrogen) atoms. The number of aliphatic carboxylic acids is 2. The number of aliphatic hydroxyl groups excluding tert-OH is 3. The molecular formula is C42H82O7. The van der Waals surface area contributed by atoms with Crippen LogP contribution in [0.25, 0.3) is 0 Å². The molecule has 5 N–H and O–H groups in total. The van der Waals surface area contributed by atoms with Gasteiger partial charge in [-0.05, 0) is 32.1 Å². The van der Waals surface area contributed by atoms with Gasteiger partial charge in [-0.15, -0.1) is 0 Å². The van der Waals surface area contributed by atoms with Crippen LogP contribution < -0.4 is 0 Å². The first-order valence-corrected chi connectivity index (χ1v) is 20.4. The van der Waals surface area contributed by atoms with E-state index in [1.807, 2.05) is 6.92 Å². The number of hydrogen-bond acceptors (Lipinski definition) is 5. The number of carboxylic acids is 2. The molecule has 292 valence electrons. The van der Waals surface area contributed by atoms with E-state index in [4.69, 9.17) is 25.5 Å². The van der Waals surface area contributed by atoms with Crippen LogP contribution in [-0.2, 0) is 9.59 Å². The molecule has 0 atom stereocenters. The predicted molar refractivity (Wildman–Crippen MR) is 208 cm³/mol. The normalized spacial score (nSPS) is 11.4. The van der Waals surface area contributed by atoms with E-state index in [2.05, 4.69) is 13.8 Å². The molecular weight excluding hydrogens is 616 g/mol. The molecule has 0 unspecified atom stereocenters. The zero-order valence-corrected chi connectivity index (χ0v) is 32.5. The van der Waals surface area contributed by atoms with Gasteiger partial charge in [0.1, 0.15) is 0 Å². The van der Waals surface area contributed by atoms with Gasteiger partial charge in [0.25, 0.3) is 0 Å². The van der Waals surface area contributed by atoms with Crippen molar-refractivity contribution in [1.29, 1.82) is 0 Å². The maximum atomic E-state index is 10.2. The fourth-order valence-corrected chi connectivity index (χ4v) is 5.41. The lowest BCUT2D eigenvalue weighted by molar-refractivity contribution is -0.132. The number of aliphatic hydroxyl groups is 3. The number of carboxylic acid groups (broad SMARTS) is 2. The molecule has 0 aliphatic rings. The lowest BCUT2D eigenvalue weighted by Gasteiger charge is -2.24. The van der Waals surface area contributed by atoms with E-state index in [1.54, 1.807) is 12.2 Å². The molecule has 0 radical (unpaired) electrons. The van der Waals surface area contributed by atoms with Gasteiger partial charge >= 0.3 is 11.9 Å². The second kappa shape index (κ2) is 44.3. The third-order valence-electron chi connectivity index (χ3n) is 9.23. The van der Waals surface area contributed by atoms with Crippen molar-refractivity contribution in [2.75, 3.05) is 19.8 Å². The standard InChI is InChI=1S/2C18H34O2.C6H14O3/c2*1-2-3-4-5-6-7-8-9-10-11-12-13-14-15-16-17-18(19)20;1-2-6(3-7,4-8)5-9/h2*16-17H,2-15H2,1H3,(H,19,20);7-9H,2-5H2,1H3. The minimum atomic E-state index is -0.834. The molecule has 0 aromatic rings. The molecule has 0 saturated heterocycles. The number of hydrogen-bond donors (Lipinski definition) is 5. The van der Waals surface area contributed by atoms with Crippen molar-refractivity contribution < 1.29 is 35.1 Å². The molecule has 0 bridgehead atoms. The van der Waals surface area contributed by atoms with E-state index >= 15 is 0 Å². The van der Waals surface area contributed by atoms with Crippen molar-refractivity contribution in [3.05, 3.63) is 24.3 Å². The second-order valence-corrected chi connectivity index (χ2v) is 13.9. The van der Waals surface area contributed by atoms with Crippen molar-refractivity contribution >= 4 is 11.9 Å². The summed E-state index contributed by atoms with van der Waals surface area (Å²) in [6.45, 7) is 5.89. The molecule has 0 aliphatic carbocycles. The Balaban J connectivity index is -0.000000695. The first kappa shape index (κ1) is 51.7. The predicted octanol–water partition coefficient (Wildman–Crippen LogP) is 11.6. The van der Waals surface area contributed by atoms with Gasteiger partial charge < -0.3 is 25.5 Å². The number of unbranched alkanes of at least 4 members (excludes halogenated alkanes) is 26. The average molecular weight is 699 g/mol. The molecule has 0 rings (SSSR count). The molecule has 0 aromatic heterocycles. The number of rotatable bonds is 34. The number of allylic oxidation sites excluding steroid dienone is 2. The van der Waals surface area contributed by atoms with Crippen LogP contribution in [0.15, 0.2) is 24.3 Å². The maximum Gasteiger partial charge on any atom is 0.327 e. The largest absolute Gasteiger partial charge is 0.478 e. The molecule has 7 heteroatoms. The Bertz CT molecular complexity index is 648. The lowest BCUT2D eigenvalue weighted by atomic mass is 9.88. The molecule has 7 nitrogen and oxygen atoms in total. The Hall–Kier alpha value is -1.70. The van der Waals surface area contributed by atoms with Crippen molar-refractivity contribution in [1.82, 2.24) is 0 Å². The van der Waals surface area contributed by atoms with E-state index in [0.717, 1.165) is 25.7 Å². The monoisotopic (exact) mass is 699 g/mol. The molecule has 0 amide bonds. The molecule has 0 aromatic carbocycles. The van der Waals surface area contributed by atoms with Crippen molar-refractivity contribution in [2.45, 2.75) is 207 Å². The van der Waals surface area contributed by atoms with Crippen molar-refractivity contribution in [3.63, 3.8) is 0 Å². The van der Waals surface area contributed by atoms with E-state index in [9.17, 15) is 9.59 Å². The van der Waals surface area contributed by atoms with E-state index in [-0.39, 0.29) is 19.8 Å². The summed E-state index contributed by atoms with van der Waals surface area (Å²) < 4.78 is 0. The highest BCUT2D eigenvalue weighted by molar-refractivity contribution is 5.79. The van der Waals surface area contributed by atoms with Gasteiger partial charge in [0.05, 0.1) is 19.8 Å². The molecule has 0 fully saturated rings. The minimum absolute atomic E-state index is 0.156. The average Bonchev–Trinajstić information content (AvgIpc) is 3.10. The summed E-state index contributed by atoms with van der Waals surface area (Å²) in [5.41, 5.74) is -0.667. The fraction of sp³-hybridized carbons (Fsp3) is 0.857. The molecule has 0 spiro atoms. The third-order valence-corrected chi connectivity index (χ3v) is 9.23. The van der Waals surface area contributed by atoms with Gasteiger partial charge in [-0.2, -0.15) is 0 Å². The van der Waals surface area contributed by atoms with Gasteiger partial charge in [-0.3, -0.25) is 0 Å². The molecule has 0 heterocycles. The summed E-state index contributed by atoms with van der Waals surface area (Å²) in [5, 5.41) is 42.8. The quantitative estimate of drug-likeness (QED) is 0.0333. The Morgan fingerprint density at radius 1 is 0.408 bits per heavy atom. The zero-order chi connectivity index (χ0) is 37.1. The van der Waals surface area contributed by atoms with Gasteiger partial charge in [-0.1, -0.05) is 187 Å². The topological polar surface area (TPSA) is 135 Å². The number of carbonyl (C=O) groups is 2. The summed E-state index contributed by atoms with van der Waals surface area (Å²) in [7, 11) is 0. The Morgan fingerprint density at radius 2 is 0.633 bits per heavy atom. The van der Waals surface area contributed by atoms with E-state index in [1.165, 1.54) is 166 Å². The Kier molecular flexibility index (Phi) is 46.7. The Morgan fingerprint density at radius 3 is 0.796 bits per heavy atom. The third kappa shape index (κ3) is 46.3. The van der Waals surface area contributed by atoms with Crippen LogP contribution in [0.4, 0.5) is 0 Å². The van der Waals surface area contributed by atoms with Crippen LogP contribution in [0.2, 0.25) is 0 Å². The van der Waals surface area contributed by atoms with E-state index < -0.39 is 17.4 Å². The highest BCUT2D eigenvalue weighted by Crippen LogP contribution is 2.18. The summed E-state index contributed by atoms with van der Waals surface area (Å²) >= 11 is 0. The highest BCUT2D eigenvalue weighted by Gasteiger charge is 2.24. The highest BCUT2D eigenvalue weighted by atomic mass is 16.4. The van der Waals surface area contributed by atoms with Gasteiger partial charge in [0.15, 0.2) is 0 Å². The van der Waals surface area contributed by atoms with Crippen molar-refractivity contribution in [3.8, 4) is 0 Å². The SMILES string of the molecule is CCC(CO)(CO)CO.CCCCCCCCCCCCCCCC=CC(=O)O.CCCCCCCCCCCCCCCC=CC(=O)O. The minimum Gasteiger partial charge on any atom is -0.478 e. The summed E-state index contributed by atoms with van der Waals surface area (Å²) in [5.74, 6) is -1.67. The van der Waals surface area contributed by atoms with Crippen molar-refractivity contribution in [2.24, 2.45) is 5.41 Å². The van der Waals surface area contributed by atoms with Crippen LogP contribution in [0.1, 0.15) is 207 Å². The van der Waals surface area contributed by atoms with Gasteiger partial charge in [-0.25, -0.2) is 9.59 Å². The zero-order valence-electron chi connectivity index (χ0n) is 32.5. The molecule has 0 saturated carbocycles. The maximum absolute atomic E-state index is 10.2. The first-order chi connectivity index (χ1) is 23.8. The van der Waals surface area contributed by atoms with Crippen LogP contribution in [0.5, 0.6) is 0 Å². The first-order valence-electron chi connectivity index (χ1n) is 20.4. The van der Waals surface area contributed by atoms with Gasteiger partial charge in [0, 0.05) is 17.6 Å². The molecule has 0 aliphatic heterocycles. The van der Waals surface area contributed by atoms with Crippen LogP contribution in [-0.4, -0.2) is 57.3 Å². The fourth-order valence-electron chi connectivity index (χ4n) is 5.41.